The molecule has 0 heterocycles. The Kier molecular flexibility index (Phi) is 5.55. The van der Waals surface area contributed by atoms with Crippen LogP contribution in [0.2, 0.25) is 0 Å². The Bertz CT molecular complexity index is 747. The molecule has 1 N–H and O–H groups in total. The van der Waals surface area contributed by atoms with Crippen LogP contribution in [0.1, 0.15) is 42.9 Å². The number of rotatable bonds is 5. The molecular formula is C20H21F3O2. The average Bonchev–Trinajstić information content (AvgIpc) is 2.51. The van der Waals surface area contributed by atoms with E-state index >= 15 is 0 Å². The van der Waals surface area contributed by atoms with Crippen LogP contribution in [0.25, 0.3) is 11.1 Å². The van der Waals surface area contributed by atoms with Crippen molar-refractivity contribution in [1.82, 2.24) is 0 Å². The smallest absolute Gasteiger partial charge is 0.416 e. The van der Waals surface area contributed by atoms with Crippen molar-refractivity contribution in [2.24, 2.45) is 5.92 Å². The lowest BCUT2D eigenvalue weighted by molar-refractivity contribution is -0.139. The summed E-state index contributed by atoms with van der Waals surface area (Å²) in [5.41, 5.74) is 2.20. The maximum atomic E-state index is 12.7. The zero-order valence-electron chi connectivity index (χ0n) is 14.4. The first-order chi connectivity index (χ1) is 11.6. The van der Waals surface area contributed by atoms with Crippen LogP contribution in [0.5, 0.6) is 0 Å². The summed E-state index contributed by atoms with van der Waals surface area (Å²) in [6.45, 7) is 5.77. The third-order valence-electron chi connectivity index (χ3n) is 4.05. The topological polar surface area (TPSA) is 37.3 Å². The summed E-state index contributed by atoms with van der Waals surface area (Å²) in [4.78, 5) is 11.6. The molecule has 0 bridgehead atoms. The third kappa shape index (κ3) is 4.84. The van der Waals surface area contributed by atoms with Crippen molar-refractivity contribution in [1.29, 1.82) is 0 Å². The summed E-state index contributed by atoms with van der Waals surface area (Å²) in [6.07, 6.45) is -3.87. The highest BCUT2D eigenvalue weighted by Gasteiger charge is 2.30. The molecule has 2 aromatic carbocycles. The standard InChI is InChI=1S/C20H21F3O2/c1-12(2)8-18(19(24)25)16-10-13(3)9-15(11-16)14-4-6-17(7-5-14)20(21,22)23/h4-7,9-12,18H,8H2,1-3H3,(H,24,25)/t18-/m1/s1. The molecule has 0 aliphatic heterocycles. The van der Waals surface area contributed by atoms with Crippen molar-refractivity contribution in [3.8, 4) is 11.1 Å². The van der Waals surface area contributed by atoms with Crippen molar-refractivity contribution >= 4 is 5.97 Å². The number of benzene rings is 2. The van der Waals surface area contributed by atoms with Crippen molar-refractivity contribution < 1.29 is 23.1 Å². The molecule has 25 heavy (non-hydrogen) atoms. The van der Waals surface area contributed by atoms with Gasteiger partial charge in [-0.05, 0) is 48.1 Å². The van der Waals surface area contributed by atoms with Crippen LogP contribution in [-0.4, -0.2) is 11.1 Å². The van der Waals surface area contributed by atoms with Crippen molar-refractivity contribution in [2.75, 3.05) is 0 Å². The highest BCUT2D eigenvalue weighted by Crippen LogP contribution is 2.33. The maximum absolute atomic E-state index is 12.7. The minimum atomic E-state index is -4.37. The number of hydrogen-bond donors (Lipinski definition) is 1. The molecule has 0 saturated carbocycles. The number of alkyl halides is 3. The minimum absolute atomic E-state index is 0.219. The second-order valence-electron chi connectivity index (χ2n) is 6.73. The van der Waals surface area contributed by atoms with Gasteiger partial charge in [-0.2, -0.15) is 13.2 Å². The van der Waals surface area contributed by atoms with E-state index in [1.165, 1.54) is 12.1 Å². The van der Waals surface area contributed by atoms with Crippen molar-refractivity contribution in [3.63, 3.8) is 0 Å². The molecule has 2 nitrogen and oxygen atoms in total. The molecular weight excluding hydrogens is 329 g/mol. The molecule has 5 heteroatoms. The molecule has 0 aliphatic rings. The van der Waals surface area contributed by atoms with Gasteiger partial charge in [-0.1, -0.05) is 49.7 Å². The van der Waals surface area contributed by atoms with E-state index in [4.69, 9.17) is 0 Å². The fourth-order valence-electron chi connectivity index (χ4n) is 2.88. The van der Waals surface area contributed by atoms with Gasteiger partial charge in [0.2, 0.25) is 0 Å². The number of carbonyl (C=O) groups is 1. The highest BCUT2D eigenvalue weighted by molar-refractivity contribution is 5.77. The predicted molar refractivity (Wildman–Crippen MR) is 91.4 cm³/mol. The molecule has 1 atom stereocenters. The fourth-order valence-corrected chi connectivity index (χ4v) is 2.88. The molecule has 0 aromatic heterocycles. The normalized spacial score (nSPS) is 13.1. The molecule has 0 amide bonds. The van der Waals surface area contributed by atoms with Gasteiger partial charge in [0, 0.05) is 0 Å². The second kappa shape index (κ2) is 7.30. The van der Waals surface area contributed by atoms with Gasteiger partial charge in [0.05, 0.1) is 11.5 Å². The summed E-state index contributed by atoms with van der Waals surface area (Å²) in [7, 11) is 0. The Morgan fingerprint density at radius 1 is 1.04 bits per heavy atom. The van der Waals surface area contributed by atoms with Crippen LogP contribution in [0, 0.1) is 12.8 Å². The number of carboxylic acids is 1. The molecule has 2 aromatic rings. The maximum Gasteiger partial charge on any atom is 0.416 e. The number of aryl methyl sites for hydroxylation is 1. The van der Waals surface area contributed by atoms with Crippen LogP contribution in [-0.2, 0) is 11.0 Å². The summed E-state index contributed by atoms with van der Waals surface area (Å²) < 4.78 is 38.1. The van der Waals surface area contributed by atoms with Gasteiger partial charge in [-0.3, -0.25) is 4.79 Å². The van der Waals surface area contributed by atoms with E-state index in [-0.39, 0.29) is 5.92 Å². The van der Waals surface area contributed by atoms with Crippen LogP contribution in [0.15, 0.2) is 42.5 Å². The molecule has 0 unspecified atom stereocenters. The molecule has 2 rings (SSSR count). The third-order valence-corrected chi connectivity index (χ3v) is 4.05. The minimum Gasteiger partial charge on any atom is -0.481 e. The van der Waals surface area contributed by atoms with E-state index in [2.05, 4.69) is 0 Å². The largest absolute Gasteiger partial charge is 0.481 e. The van der Waals surface area contributed by atoms with Gasteiger partial charge >= 0.3 is 12.1 Å². The Labute approximate surface area is 145 Å². The van der Waals surface area contributed by atoms with E-state index in [1.54, 1.807) is 6.07 Å². The molecule has 0 saturated heterocycles. The van der Waals surface area contributed by atoms with Crippen LogP contribution in [0.4, 0.5) is 13.2 Å². The van der Waals surface area contributed by atoms with Gasteiger partial charge in [0.25, 0.3) is 0 Å². The summed E-state index contributed by atoms with van der Waals surface area (Å²) >= 11 is 0. The molecule has 0 aliphatic carbocycles. The van der Waals surface area contributed by atoms with Gasteiger partial charge in [0.15, 0.2) is 0 Å². The van der Waals surface area contributed by atoms with Gasteiger partial charge in [-0.15, -0.1) is 0 Å². The van der Waals surface area contributed by atoms with Gasteiger partial charge < -0.3 is 5.11 Å². The highest BCUT2D eigenvalue weighted by atomic mass is 19.4. The lowest BCUT2D eigenvalue weighted by atomic mass is 9.87. The first-order valence-corrected chi connectivity index (χ1v) is 8.10. The molecule has 0 radical (unpaired) electrons. The van der Waals surface area contributed by atoms with Crippen molar-refractivity contribution in [2.45, 2.75) is 39.3 Å². The average molecular weight is 350 g/mol. The first kappa shape index (κ1) is 19.0. The summed E-state index contributed by atoms with van der Waals surface area (Å²) in [5, 5.41) is 9.53. The number of halogens is 3. The number of hydrogen-bond acceptors (Lipinski definition) is 1. The van der Waals surface area contributed by atoms with E-state index in [1.807, 2.05) is 32.9 Å². The lowest BCUT2D eigenvalue weighted by Gasteiger charge is -2.17. The van der Waals surface area contributed by atoms with E-state index in [0.717, 1.165) is 23.3 Å². The van der Waals surface area contributed by atoms with Gasteiger partial charge in [0.1, 0.15) is 0 Å². The zero-order valence-corrected chi connectivity index (χ0v) is 14.4. The van der Waals surface area contributed by atoms with Crippen LogP contribution >= 0.6 is 0 Å². The first-order valence-electron chi connectivity index (χ1n) is 8.10. The number of aliphatic carboxylic acids is 1. The Balaban J connectivity index is 2.43. The zero-order chi connectivity index (χ0) is 18.8. The molecule has 0 spiro atoms. The molecule has 0 fully saturated rings. The van der Waals surface area contributed by atoms with E-state index in [9.17, 15) is 23.1 Å². The van der Waals surface area contributed by atoms with Crippen molar-refractivity contribution in [3.05, 3.63) is 59.2 Å². The Morgan fingerprint density at radius 2 is 1.64 bits per heavy atom. The Morgan fingerprint density at radius 3 is 2.12 bits per heavy atom. The van der Waals surface area contributed by atoms with Gasteiger partial charge in [-0.25, -0.2) is 0 Å². The molecule has 134 valence electrons. The summed E-state index contributed by atoms with van der Waals surface area (Å²) in [6, 6.07) is 10.4. The quantitative estimate of drug-likeness (QED) is 0.729. The monoisotopic (exact) mass is 350 g/mol. The number of carboxylic acid groups (broad SMARTS) is 1. The van der Waals surface area contributed by atoms with E-state index < -0.39 is 23.6 Å². The fraction of sp³-hybridized carbons (Fsp3) is 0.350. The van der Waals surface area contributed by atoms with Crippen LogP contribution < -0.4 is 0 Å². The summed E-state index contributed by atoms with van der Waals surface area (Å²) in [5.74, 6) is -1.30. The lowest BCUT2D eigenvalue weighted by Crippen LogP contribution is -2.14. The second-order valence-corrected chi connectivity index (χ2v) is 6.73. The Hall–Kier alpha value is -2.30. The SMILES string of the molecule is Cc1cc(-c2ccc(C(F)(F)F)cc2)cc([C@@H](CC(C)C)C(=O)O)c1. The van der Waals surface area contributed by atoms with E-state index in [0.29, 0.717) is 17.5 Å². The van der Waals surface area contributed by atoms with Crippen LogP contribution in [0.3, 0.4) is 0 Å². The predicted octanol–water partition coefficient (Wildman–Crippen LogP) is 5.90.